The van der Waals surface area contributed by atoms with Crippen molar-refractivity contribution in [2.75, 3.05) is 27.2 Å². The van der Waals surface area contributed by atoms with Crippen molar-refractivity contribution in [2.24, 2.45) is 21.7 Å². The average Bonchev–Trinajstić information content (AvgIpc) is 3.21. The Morgan fingerprint density at radius 3 is 1.46 bits per heavy atom. The third-order valence-corrected chi connectivity index (χ3v) is 16.7. The van der Waals surface area contributed by atoms with E-state index in [0.29, 0.717) is 36.8 Å². The summed E-state index contributed by atoms with van der Waals surface area (Å²) >= 11 is 12.2. The standard InChI is InChI=1S/C42H58N6O4P2S2/c1-8-41(4,9-2)49-37-19-15-35(16-20-37)31-45-47(6)53(55)42(5,10-3)50-38-21-17-36(18-22-38)32-46-48(7)54(56,51-39-23-11-33(12-24-39)27-29-43)52-40-25-13-34(14-26-40)28-30-44/h11-26,31-32,53H,8-10,27-30,43-44H2,1-7H3/b45-31+,46-32+. The van der Waals surface area contributed by atoms with Crippen LogP contribution in [0.3, 0.4) is 0 Å². The number of rotatable bonds is 22. The Hall–Kier alpha value is -3.76. The van der Waals surface area contributed by atoms with Crippen LogP contribution in [0.4, 0.5) is 0 Å². The summed E-state index contributed by atoms with van der Waals surface area (Å²) in [5.41, 5.74) is 15.3. The minimum Gasteiger partial charge on any atom is -0.488 e. The van der Waals surface area contributed by atoms with Gasteiger partial charge in [-0.15, -0.1) is 0 Å². The highest BCUT2D eigenvalue weighted by Gasteiger charge is 2.32. The second-order valence-corrected chi connectivity index (χ2v) is 20.6. The molecule has 0 aromatic heterocycles. The molecule has 0 aliphatic heterocycles. The summed E-state index contributed by atoms with van der Waals surface area (Å²) in [5, 5.41) is 8.79. The maximum Gasteiger partial charge on any atom is 0.410 e. The van der Waals surface area contributed by atoms with Crippen LogP contribution in [0.15, 0.2) is 107 Å². The van der Waals surface area contributed by atoms with E-state index in [1.54, 1.807) is 18.0 Å². The fraction of sp³-hybridized carbons (Fsp3) is 0.381. The van der Waals surface area contributed by atoms with Crippen molar-refractivity contribution in [1.82, 2.24) is 9.56 Å². The Balaban J connectivity index is 1.43. The van der Waals surface area contributed by atoms with E-state index < -0.39 is 18.8 Å². The second kappa shape index (κ2) is 21.1. The molecule has 4 aromatic carbocycles. The normalized spacial score (nSPS) is 13.7. The minimum atomic E-state index is -3.19. The van der Waals surface area contributed by atoms with Gasteiger partial charge in [0, 0.05) is 25.9 Å². The first-order chi connectivity index (χ1) is 26.8. The molecule has 0 saturated heterocycles. The topological polar surface area (TPSA) is 120 Å². The van der Waals surface area contributed by atoms with Crippen molar-refractivity contribution in [3.05, 3.63) is 119 Å². The lowest BCUT2D eigenvalue weighted by molar-refractivity contribution is 0.0803. The van der Waals surface area contributed by atoms with Crippen LogP contribution in [0.5, 0.6) is 23.0 Å². The number of benzene rings is 4. The fourth-order valence-electron chi connectivity index (χ4n) is 5.38. The average molecular weight is 837 g/mol. The van der Waals surface area contributed by atoms with Gasteiger partial charge in [0.25, 0.3) is 0 Å². The lowest BCUT2D eigenvalue weighted by Gasteiger charge is -2.34. The van der Waals surface area contributed by atoms with Crippen LogP contribution < -0.4 is 30.0 Å². The Bertz CT molecular complexity index is 1890. The summed E-state index contributed by atoms with van der Waals surface area (Å²) in [6, 6.07) is 31.1. The highest BCUT2D eigenvalue weighted by Crippen LogP contribution is 2.52. The van der Waals surface area contributed by atoms with Gasteiger partial charge in [-0.05, 0) is 154 Å². The van der Waals surface area contributed by atoms with Gasteiger partial charge in [-0.25, -0.2) is 4.78 Å². The summed E-state index contributed by atoms with van der Waals surface area (Å²) in [4.78, 5) is 0. The molecule has 0 heterocycles. The van der Waals surface area contributed by atoms with Crippen molar-refractivity contribution in [2.45, 2.75) is 77.7 Å². The second-order valence-electron chi connectivity index (χ2n) is 13.9. The molecule has 4 N–H and O–H groups in total. The van der Waals surface area contributed by atoms with Gasteiger partial charge in [-0.2, -0.15) is 10.2 Å². The molecule has 0 aliphatic rings. The van der Waals surface area contributed by atoms with E-state index >= 15 is 0 Å². The van der Waals surface area contributed by atoms with Crippen LogP contribution in [0.1, 0.15) is 76.1 Å². The SMILES string of the molecule is CCC(C)(CC)Oc1ccc(/C=N/N(C)[PH](=S)C(C)(CC)Oc2ccc(/C=N/N(C)P(=S)(Oc3ccc(CCN)cc3)Oc3ccc(CCN)cc3)cc2)cc1. The molecule has 0 fully saturated rings. The summed E-state index contributed by atoms with van der Waals surface area (Å²) < 4.78 is 29.0. The smallest absolute Gasteiger partial charge is 0.410 e. The van der Waals surface area contributed by atoms with Gasteiger partial charge in [0.05, 0.1) is 19.3 Å². The van der Waals surface area contributed by atoms with Crippen molar-refractivity contribution in [3.8, 4) is 23.0 Å². The lowest BCUT2D eigenvalue weighted by Crippen LogP contribution is -2.30. The van der Waals surface area contributed by atoms with Crippen molar-refractivity contribution in [3.63, 3.8) is 0 Å². The molecule has 10 nitrogen and oxygen atoms in total. The Kier molecular flexibility index (Phi) is 17.0. The fourth-order valence-corrected chi connectivity index (χ4v) is 9.31. The van der Waals surface area contributed by atoms with Crippen LogP contribution >= 0.6 is 13.5 Å². The third kappa shape index (κ3) is 12.9. The van der Waals surface area contributed by atoms with Gasteiger partial charge >= 0.3 is 6.64 Å². The zero-order valence-corrected chi connectivity index (χ0v) is 37.2. The van der Waals surface area contributed by atoms with E-state index in [-0.39, 0.29) is 5.60 Å². The van der Waals surface area contributed by atoms with Crippen molar-refractivity contribution in [1.29, 1.82) is 0 Å². The third-order valence-electron chi connectivity index (χ3n) is 9.65. The van der Waals surface area contributed by atoms with Crippen LogP contribution in [0, 0.1) is 0 Å². The van der Waals surface area contributed by atoms with Gasteiger partial charge in [0.15, 0.2) is 0 Å². The molecule has 0 amide bonds. The summed E-state index contributed by atoms with van der Waals surface area (Å²) in [5.74, 6) is 2.73. The molecule has 2 atom stereocenters. The molecule has 0 aliphatic carbocycles. The van der Waals surface area contributed by atoms with Gasteiger partial charge in [0.1, 0.15) is 33.9 Å². The zero-order chi connectivity index (χ0) is 40.8. The number of nitrogens with zero attached hydrogens (tertiary/aromatic N) is 4. The first-order valence-corrected chi connectivity index (χ1v) is 24.2. The minimum absolute atomic E-state index is 0.174. The van der Waals surface area contributed by atoms with E-state index in [0.717, 1.165) is 53.7 Å². The lowest BCUT2D eigenvalue weighted by atomic mass is 10.00. The Labute approximate surface area is 344 Å². The maximum absolute atomic E-state index is 6.57. The summed E-state index contributed by atoms with van der Waals surface area (Å²) in [6.07, 6.45) is 7.70. The number of hydrogen-bond donors (Lipinski definition) is 2. The first-order valence-electron chi connectivity index (χ1n) is 19.0. The molecule has 4 aromatic rings. The molecule has 4 rings (SSSR count). The van der Waals surface area contributed by atoms with Gasteiger partial charge in [-0.3, -0.25) is 4.78 Å². The van der Waals surface area contributed by atoms with Crippen LogP contribution in [0.25, 0.3) is 0 Å². The van der Waals surface area contributed by atoms with E-state index in [9.17, 15) is 0 Å². The quantitative estimate of drug-likeness (QED) is 0.0450. The molecule has 0 radical (unpaired) electrons. The van der Waals surface area contributed by atoms with E-state index in [4.69, 9.17) is 58.7 Å². The summed E-state index contributed by atoms with van der Waals surface area (Å²) in [7, 11) is 3.68. The van der Waals surface area contributed by atoms with Crippen LogP contribution in [-0.2, 0) is 36.5 Å². The molecular weight excluding hydrogens is 779 g/mol. The number of hydrazone groups is 2. The van der Waals surface area contributed by atoms with E-state index in [1.807, 2.05) is 115 Å². The molecule has 0 spiro atoms. The van der Waals surface area contributed by atoms with Gasteiger partial charge < -0.3 is 30.0 Å². The first kappa shape index (κ1) is 44.9. The number of hydrogen-bond acceptors (Lipinski definition) is 10. The Morgan fingerprint density at radius 1 is 0.643 bits per heavy atom. The van der Waals surface area contributed by atoms with Crippen molar-refractivity contribution < 1.29 is 18.5 Å². The van der Waals surface area contributed by atoms with Crippen LogP contribution in [-0.4, -0.2) is 60.1 Å². The highest BCUT2D eigenvalue weighted by atomic mass is 32.5. The van der Waals surface area contributed by atoms with Crippen molar-refractivity contribution >= 4 is 49.5 Å². The van der Waals surface area contributed by atoms with E-state index in [2.05, 4.69) is 39.7 Å². The molecule has 302 valence electrons. The monoisotopic (exact) mass is 836 g/mol. The van der Waals surface area contributed by atoms with Crippen LogP contribution in [0.2, 0.25) is 0 Å². The molecule has 56 heavy (non-hydrogen) atoms. The largest absolute Gasteiger partial charge is 0.488 e. The Morgan fingerprint density at radius 2 is 1.05 bits per heavy atom. The van der Waals surface area contributed by atoms with Gasteiger partial charge in [0.2, 0.25) is 0 Å². The molecular formula is C42H58N6O4P2S2. The predicted octanol–water partition coefficient (Wildman–Crippen LogP) is 9.36. The molecule has 0 saturated carbocycles. The summed E-state index contributed by atoms with van der Waals surface area (Å²) in [6.45, 7) is 6.84. The molecule has 2 unspecified atom stereocenters. The van der Waals surface area contributed by atoms with E-state index in [1.165, 1.54) is 0 Å². The number of nitrogens with two attached hydrogens (primary N) is 2. The molecule has 0 bridgehead atoms. The number of ether oxygens (including phenoxy) is 2. The molecule has 14 heteroatoms. The van der Waals surface area contributed by atoms with Gasteiger partial charge in [-0.1, -0.05) is 56.8 Å². The zero-order valence-electron chi connectivity index (χ0n) is 33.7. The maximum atomic E-state index is 6.57. The highest BCUT2D eigenvalue weighted by molar-refractivity contribution is 8.09. The predicted molar refractivity (Wildman–Crippen MR) is 242 cm³/mol.